The standard InChI is InChI=1S/C19H17NO4/c1-20-11-16(15-5-3-4-6-17(15)20)19(22)24-12-18(21)13-7-9-14(23-2)10-8-13/h3-11H,12H2,1-2H3. The highest BCUT2D eigenvalue weighted by molar-refractivity contribution is 6.05. The van der Waals surface area contributed by atoms with Gasteiger partial charge in [-0.3, -0.25) is 4.79 Å². The van der Waals surface area contributed by atoms with Crippen LogP contribution in [-0.2, 0) is 11.8 Å². The molecule has 0 aliphatic heterocycles. The van der Waals surface area contributed by atoms with Crippen LogP contribution in [0.3, 0.4) is 0 Å². The van der Waals surface area contributed by atoms with E-state index in [4.69, 9.17) is 9.47 Å². The van der Waals surface area contributed by atoms with Gasteiger partial charge in [-0.05, 0) is 30.3 Å². The number of aromatic nitrogens is 1. The summed E-state index contributed by atoms with van der Waals surface area (Å²) in [5.74, 6) is -0.0980. The van der Waals surface area contributed by atoms with Crippen LogP contribution in [0, 0.1) is 0 Å². The van der Waals surface area contributed by atoms with Gasteiger partial charge in [-0.15, -0.1) is 0 Å². The summed E-state index contributed by atoms with van der Waals surface area (Å²) in [5, 5.41) is 0.807. The third-order valence-corrected chi connectivity index (χ3v) is 3.86. The van der Waals surface area contributed by atoms with Crippen molar-refractivity contribution >= 4 is 22.7 Å². The van der Waals surface area contributed by atoms with Crippen molar-refractivity contribution in [1.82, 2.24) is 4.57 Å². The highest BCUT2D eigenvalue weighted by atomic mass is 16.5. The average Bonchev–Trinajstić information content (AvgIpc) is 2.97. The van der Waals surface area contributed by atoms with Gasteiger partial charge in [0.1, 0.15) is 5.75 Å². The van der Waals surface area contributed by atoms with Crippen LogP contribution in [0.15, 0.2) is 54.7 Å². The van der Waals surface area contributed by atoms with Crippen LogP contribution in [-0.4, -0.2) is 30.0 Å². The first-order valence-corrected chi connectivity index (χ1v) is 7.48. The first-order chi connectivity index (χ1) is 11.6. The van der Waals surface area contributed by atoms with E-state index in [2.05, 4.69) is 0 Å². The van der Waals surface area contributed by atoms with Crippen LogP contribution >= 0.6 is 0 Å². The van der Waals surface area contributed by atoms with Crippen molar-refractivity contribution in [1.29, 1.82) is 0 Å². The predicted octanol–water partition coefficient (Wildman–Crippen LogP) is 3.23. The van der Waals surface area contributed by atoms with Gasteiger partial charge in [0, 0.05) is 29.7 Å². The Morgan fingerprint density at radius 3 is 2.46 bits per heavy atom. The second-order valence-corrected chi connectivity index (χ2v) is 5.40. The summed E-state index contributed by atoms with van der Waals surface area (Å²) in [6, 6.07) is 14.2. The number of carbonyl (C=O) groups excluding carboxylic acids is 2. The van der Waals surface area contributed by atoms with Crippen molar-refractivity contribution in [2.24, 2.45) is 7.05 Å². The zero-order chi connectivity index (χ0) is 17.1. The number of fused-ring (bicyclic) bond motifs is 1. The fourth-order valence-corrected chi connectivity index (χ4v) is 2.57. The summed E-state index contributed by atoms with van der Waals surface area (Å²) < 4.78 is 12.1. The van der Waals surface area contributed by atoms with E-state index in [0.29, 0.717) is 16.9 Å². The molecular formula is C19H17NO4. The summed E-state index contributed by atoms with van der Waals surface area (Å²) >= 11 is 0. The lowest BCUT2D eigenvalue weighted by molar-refractivity contribution is 0.0476. The van der Waals surface area contributed by atoms with Gasteiger partial charge in [0.15, 0.2) is 12.4 Å². The largest absolute Gasteiger partial charge is 0.497 e. The van der Waals surface area contributed by atoms with Crippen molar-refractivity contribution in [3.8, 4) is 5.75 Å². The van der Waals surface area contributed by atoms with Gasteiger partial charge in [-0.2, -0.15) is 0 Å². The number of nitrogens with zero attached hydrogens (tertiary/aromatic N) is 1. The van der Waals surface area contributed by atoms with E-state index >= 15 is 0 Å². The normalized spacial score (nSPS) is 10.6. The maximum atomic E-state index is 12.3. The summed E-state index contributed by atoms with van der Waals surface area (Å²) in [6.45, 7) is -0.297. The molecule has 0 saturated carbocycles. The quantitative estimate of drug-likeness (QED) is 0.534. The van der Waals surface area contributed by atoms with E-state index in [9.17, 15) is 9.59 Å². The minimum atomic E-state index is -0.506. The molecule has 0 N–H and O–H groups in total. The molecule has 1 aromatic heterocycles. The number of esters is 1. The lowest BCUT2D eigenvalue weighted by Gasteiger charge is -2.05. The maximum Gasteiger partial charge on any atom is 0.340 e. The molecule has 5 nitrogen and oxygen atoms in total. The van der Waals surface area contributed by atoms with Crippen LogP contribution in [0.2, 0.25) is 0 Å². The molecule has 0 spiro atoms. The topological polar surface area (TPSA) is 57.5 Å². The van der Waals surface area contributed by atoms with E-state index in [1.165, 1.54) is 0 Å². The first kappa shape index (κ1) is 15.8. The fraction of sp³-hybridized carbons (Fsp3) is 0.158. The fourth-order valence-electron chi connectivity index (χ4n) is 2.57. The minimum absolute atomic E-state index is 0.258. The summed E-state index contributed by atoms with van der Waals surface area (Å²) in [5.41, 5.74) is 1.86. The molecule has 24 heavy (non-hydrogen) atoms. The molecular weight excluding hydrogens is 306 g/mol. The second-order valence-electron chi connectivity index (χ2n) is 5.40. The Hall–Kier alpha value is -3.08. The number of hydrogen-bond acceptors (Lipinski definition) is 4. The Labute approximate surface area is 139 Å². The van der Waals surface area contributed by atoms with Gasteiger partial charge < -0.3 is 14.0 Å². The van der Waals surface area contributed by atoms with Crippen molar-refractivity contribution in [2.75, 3.05) is 13.7 Å². The molecule has 3 rings (SSSR count). The number of benzene rings is 2. The van der Waals surface area contributed by atoms with Gasteiger partial charge in [0.05, 0.1) is 12.7 Å². The number of aryl methyl sites for hydroxylation is 1. The molecule has 3 aromatic rings. The molecule has 0 unspecified atom stereocenters. The van der Waals surface area contributed by atoms with Crippen molar-refractivity contribution < 1.29 is 19.1 Å². The van der Waals surface area contributed by atoms with Crippen molar-refractivity contribution in [3.05, 3.63) is 65.9 Å². The van der Waals surface area contributed by atoms with Crippen molar-refractivity contribution in [2.45, 2.75) is 0 Å². The van der Waals surface area contributed by atoms with E-state index in [0.717, 1.165) is 10.9 Å². The number of ether oxygens (including phenoxy) is 2. The third-order valence-electron chi connectivity index (χ3n) is 3.86. The zero-order valence-electron chi connectivity index (χ0n) is 13.5. The molecule has 0 amide bonds. The number of hydrogen-bond donors (Lipinski definition) is 0. The van der Waals surface area contributed by atoms with E-state index in [1.54, 1.807) is 37.6 Å². The monoisotopic (exact) mass is 323 g/mol. The molecule has 0 bridgehead atoms. The number of rotatable bonds is 5. The smallest absolute Gasteiger partial charge is 0.340 e. The molecule has 5 heteroatoms. The number of carbonyl (C=O) groups is 2. The average molecular weight is 323 g/mol. The molecule has 0 aliphatic carbocycles. The Morgan fingerprint density at radius 2 is 1.75 bits per heavy atom. The van der Waals surface area contributed by atoms with Crippen molar-refractivity contribution in [3.63, 3.8) is 0 Å². The lowest BCUT2D eigenvalue weighted by Crippen LogP contribution is -2.14. The summed E-state index contributed by atoms with van der Waals surface area (Å²) in [7, 11) is 3.42. The van der Waals surface area contributed by atoms with Gasteiger partial charge in [-0.25, -0.2) is 4.79 Å². The maximum absolute atomic E-state index is 12.3. The van der Waals surface area contributed by atoms with Crippen LogP contribution in [0.1, 0.15) is 20.7 Å². The molecule has 0 radical (unpaired) electrons. The van der Waals surface area contributed by atoms with Gasteiger partial charge in [0.2, 0.25) is 0 Å². The van der Waals surface area contributed by atoms with E-state index < -0.39 is 5.97 Å². The number of para-hydroxylation sites is 1. The summed E-state index contributed by atoms with van der Waals surface area (Å²) in [4.78, 5) is 24.4. The van der Waals surface area contributed by atoms with Crippen LogP contribution in [0.25, 0.3) is 10.9 Å². The highest BCUT2D eigenvalue weighted by Gasteiger charge is 2.16. The Kier molecular flexibility index (Phi) is 4.33. The SMILES string of the molecule is COc1ccc(C(=O)COC(=O)c2cn(C)c3ccccc23)cc1. The molecule has 122 valence electrons. The van der Waals surface area contributed by atoms with Crippen LogP contribution < -0.4 is 4.74 Å². The van der Waals surface area contributed by atoms with Gasteiger partial charge >= 0.3 is 5.97 Å². The van der Waals surface area contributed by atoms with Crippen LogP contribution in [0.4, 0.5) is 0 Å². The van der Waals surface area contributed by atoms with E-state index in [1.807, 2.05) is 35.9 Å². The first-order valence-electron chi connectivity index (χ1n) is 7.48. The highest BCUT2D eigenvalue weighted by Crippen LogP contribution is 2.21. The van der Waals surface area contributed by atoms with E-state index in [-0.39, 0.29) is 12.4 Å². The molecule has 0 fully saturated rings. The summed E-state index contributed by atoms with van der Waals surface area (Å²) in [6.07, 6.45) is 1.71. The molecule has 2 aromatic carbocycles. The lowest BCUT2D eigenvalue weighted by atomic mass is 10.1. The Morgan fingerprint density at radius 1 is 1.04 bits per heavy atom. The third kappa shape index (κ3) is 3.01. The zero-order valence-corrected chi connectivity index (χ0v) is 13.5. The Balaban J connectivity index is 1.71. The predicted molar refractivity (Wildman–Crippen MR) is 90.5 cm³/mol. The molecule has 0 atom stereocenters. The minimum Gasteiger partial charge on any atom is -0.497 e. The molecule has 0 aliphatic rings. The number of ketones is 1. The second kappa shape index (κ2) is 6.58. The van der Waals surface area contributed by atoms with Crippen LogP contribution in [0.5, 0.6) is 5.75 Å². The molecule has 0 saturated heterocycles. The molecule has 1 heterocycles. The van der Waals surface area contributed by atoms with Gasteiger partial charge in [-0.1, -0.05) is 18.2 Å². The van der Waals surface area contributed by atoms with Gasteiger partial charge in [0.25, 0.3) is 0 Å². The number of methoxy groups -OCH3 is 1. The Bertz CT molecular complexity index is 893. The number of Topliss-reactive ketones (excluding diaryl/α,β-unsaturated/α-hetero) is 1.